The summed E-state index contributed by atoms with van der Waals surface area (Å²) in [6.45, 7) is 6.55. The molecule has 7 nitrogen and oxygen atoms in total. The van der Waals surface area contributed by atoms with Crippen LogP contribution in [0.4, 0.5) is 0 Å². The molecule has 1 saturated heterocycles. The van der Waals surface area contributed by atoms with Crippen molar-refractivity contribution in [3.05, 3.63) is 53.8 Å². The minimum atomic E-state index is -0.0128. The maximum atomic E-state index is 12.5. The molecule has 0 spiro atoms. The summed E-state index contributed by atoms with van der Waals surface area (Å²) >= 11 is 1.39. The van der Waals surface area contributed by atoms with Crippen LogP contribution in [-0.4, -0.2) is 44.4 Å². The van der Waals surface area contributed by atoms with Crippen LogP contribution < -0.4 is 5.32 Å². The summed E-state index contributed by atoms with van der Waals surface area (Å²) in [6.07, 6.45) is 4.17. The van der Waals surface area contributed by atoms with Gasteiger partial charge in [-0.05, 0) is 56.1 Å². The lowest BCUT2D eigenvalue weighted by Gasteiger charge is -2.17. The highest BCUT2D eigenvalue weighted by Gasteiger charge is 2.17. The second-order valence-electron chi connectivity index (χ2n) is 7.35. The summed E-state index contributed by atoms with van der Waals surface area (Å²) in [6, 6.07) is 12.0. The summed E-state index contributed by atoms with van der Waals surface area (Å²) in [5, 5.41) is 12.2. The molecule has 4 rings (SSSR count). The third-order valence-electron chi connectivity index (χ3n) is 5.29. The molecule has 3 aromatic rings. The summed E-state index contributed by atoms with van der Waals surface area (Å²) in [4.78, 5) is 14.9. The molecule has 30 heavy (non-hydrogen) atoms. The number of thioether (sulfide) groups is 1. The van der Waals surface area contributed by atoms with E-state index in [1.165, 1.54) is 35.7 Å². The van der Waals surface area contributed by atoms with Crippen LogP contribution in [0.25, 0.3) is 11.6 Å². The molecule has 0 radical (unpaired) electrons. The summed E-state index contributed by atoms with van der Waals surface area (Å²) in [5.74, 6) is 1.64. The van der Waals surface area contributed by atoms with Gasteiger partial charge in [0, 0.05) is 19.6 Å². The van der Waals surface area contributed by atoms with Crippen molar-refractivity contribution in [1.29, 1.82) is 0 Å². The molecular weight excluding hydrogens is 398 g/mol. The summed E-state index contributed by atoms with van der Waals surface area (Å²) in [7, 11) is 0. The number of nitrogens with zero attached hydrogens (tertiary/aromatic N) is 4. The van der Waals surface area contributed by atoms with Crippen molar-refractivity contribution in [2.45, 2.75) is 44.6 Å². The van der Waals surface area contributed by atoms with Crippen molar-refractivity contribution in [2.24, 2.45) is 0 Å². The van der Waals surface area contributed by atoms with Gasteiger partial charge in [-0.2, -0.15) is 0 Å². The van der Waals surface area contributed by atoms with Gasteiger partial charge < -0.3 is 9.73 Å². The van der Waals surface area contributed by atoms with Crippen molar-refractivity contribution >= 4 is 17.7 Å². The third kappa shape index (κ3) is 4.94. The fourth-order valence-electron chi connectivity index (χ4n) is 3.71. The topological polar surface area (TPSA) is 76.2 Å². The Morgan fingerprint density at radius 1 is 1.13 bits per heavy atom. The second kappa shape index (κ2) is 9.95. The predicted molar refractivity (Wildman–Crippen MR) is 117 cm³/mol. The fraction of sp³-hybridized carbons (Fsp3) is 0.409. The second-order valence-corrected chi connectivity index (χ2v) is 8.29. The number of furan rings is 1. The normalized spacial score (nSPS) is 14.3. The molecule has 2 aromatic heterocycles. The number of hydrogen-bond acceptors (Lipinski definition) is 6. The number of hydrogen-bond donors (Lipinski definition) is 1. The van der Waals surface area contributed by atoms with E-state index in [-0.39, 0.29) is 5.91 Å². The maximum absolute atomic E-state index is 12.5. The first kappa shape index (κ1) is 20.7. The van der Waals surface area contributed by atoms with Gasteiger partial charge in [0.05, 0.1) is 12.0 Å². The van der Waals surface area contributed by atoms with E-state index in [0.29, 0.717) is 35.6 Å². The Hall–Kier alpha value is -2.58. The van der Waals surface area contributed by atoms with Gasteiger partial charge in [-0.25, -0.2) is 0 Å². The lowest BCUT2D eigenvalue weighted by molar-refractivity contribution is -0.118. The maximum Gasteiger partial charge on any atom is 0.230 e. The van der Waals surface area contributed by atoms with Crippen molar-refractivity contribution in [3.8, 4) is 11.6 Å². The van der Waals surface area contributed by atoms with Gasteiger partial charge in [-0.3, -0.25) is 14.3 Å². The highest BCUT2D eigenvalue weighted by molar-refractivity contribution is 7.99. The van der Waals surface area contributed by atoms with Crippen molar-refractivity contribution in [1.82, 2.24) is 25.0 Å². The average Bonchev–Trinajstić information content (AvgIpc) is 3.53. The Labute approximate surface area is 180 Å². The quantitative estimate of drug-likeness (QED) is 0.528. The lowest BCUT2D eigenvalue weighted by Crippen LogP contribution is -2.26. The molecule has 1 fully saturated rings. The number of nitrogens with one attached hydrogen (secondary N) is 1. The van der Waals surface area contributed by atoms with Crippen LogP contribution >= 0.6 is 11.8 Å². The van der Waals surface area contributed by atoms with Crippen LogP contribution in [0.2, 0.25) is 0 Å². The van der Waals surface area contributed by atoms with Crippen LogP contribution in [0.15, 0.2) is 52.2 Å². The van der Waals surface area contributed by atoms with Gasteiger partial charge in [0.25, 0.3) is 0 Å². The number of carbonyl (C=O) groups is 1. The van der Waals surface area contributed by atoms with E-state index in [1.807, 2.05) is 29.7 Å². The Morgan fingerprint density at radius 2 is 1.93 bits per heavy atom. The molecule has 1 aromatic carbocycles. The number of rotatable bonds is 9. The highest BCUT2D eigenvalue weighted by atomic mass is 32.2. The molecule has 1 N–H and O–H groups in total. The van der Waals surface area contributed by atoms with Gasteiger partial charge in [-0.1, -0.05) is 36.0 Å². The molecule has 3 heterocycles. The molecule has 1 amide bonds. The zero-order valence-corrected chi connectivity index (χ0v) is 18.0. The molecule has 1 aliphatic heterocycles. The van der Waals surface area contributed by atoms with Crippen molar-refractivity contribution in [3.63, 3.8) is 0 Å². The highest BCUT2D eigenvalue weighted by Crippen LogP contribution is 2.24. The summed E-state index contributed by atoms with van der Waals surface area (Å²) < 4.78 is 7.39. The van der Waals surface area contributed by atoms with Crippen LogP contribution in [0.3, 0.4) is 0 Å². The van der Waals surface area contributed by atoms with Gasteiger partial charge in [0.2, 0.25) is 5.91 Å². The third-order valence-corrected chi connectivity index (χ3v) is 6.26. The summed E-state index contributed by atoms with van der Waals surface area (Å²) in [5.41, 5.74) is 2.47. The zero-order valence-electron chi connectivity index (χ0n) is 17.2. The Bertz CT molecular complexity index is 964. The minimum absolute atomic E-state index is 0.0128. The lowest BCUT2D eigenvalue weighted by atomic mass is 10.1. The molecule has 158 valence electrons. The number of likely N-dealkylation sites (tertiary alicyclic amines) is 1. The SMILES string of the molecule is CCn1c(SCC(=O)NCc2ccccc2CN2CCCC2)nnc1-c1ccco1. The standard InChI is InChI=1S/C22H27N5O2S/c1-2-27-21(19-10-7-13-29-19)24-25-22(27)30-16-20(28)23-14-17-8-3-4-9-18(17)15-26-11-5-6-12-26/h3-4,7-10,13H,2,5-6,11-12,14-16H2,1H3,(H,23,28). The van der Waals surface area contributed by atoms with E-state index >= 15 is 0 Å². The van der Waals surface area contributed by atoms with Crippen LogP contribution in [0.5, 0.6) is 0 Å². The molecule has 0 saturated carbocycles. The number of carbonyl (C=O) groups excluding carboxylic acids is 1. The van der Waals surface area contributed by atoms with Crippen LogP contribution in [-0.2, 0) is 24.4 Å². The van der Waals surface area contributed by atoms with Gasteiger partial charge >= 0.3 is 0 Å². The number of benzene rings is 1. The molecule has 0 aliphatic carbocycles. The molecule has 8 heteroatoms. The van der Waals surface area contributed by atoms with E-state index in [1.54, 1.807) is 6.26 Å². The Kier molecular flexibility index (Phi) is 6.86. The van der Waals surface area contributed by atoms with E-state index in [2.05, 4.69) is 38.6 Å². The fourth-order valence-corrected chi connectivity index (χ4v) is 4.54. The van der Waals surface area contributed by atoms with E-state index in [9.17, 15) is 4.79 Å². The first-order valence-corrected chi connectivity index (χ1v) is 11.4. The van der Waals surface area contributed by atoms with E-state index in [4.69, 9.17) is 4.42 Å². The molecule has 0 unspecified atom stereocenters. The number of amides is 1. The molecule has 1 aliphatic rings. The van der Waals surface area contributed by atoms with Crippen molar-refractivity contribution < 1.29 is 9.21 Å². The van der Waals surface area contributed by atoms with Gasteiger partial charge in [-0.15, -0.1) is 10.2 Å². The minimum Gasteiger partial charge on any atom is -0.461 e. The van der Waals surface area contributed by atoms with Crippen LogP contribution in [0.1, 0.15) is 30.9 Å². The monoisotopic (exact) mass is 425 g/mol. The van der Waals surface area contributed by atoms with Gasteiger partial charge in [0.15, 0.2) is 16.7 Å². The van der Waals surface area contributed by atoms with Crippen molar-refractivity contribution in [2.75, 3.05) is 18.8 Å². The van der Waals surface area contributed by atoms with E-state index in [0.717, 1.165) is 19.6 Å². The van der Waals surface area contributed by atoms with Crippen LogP contribution in [0, 0.1) is 0 Å². The van der Waals surface area contributed by atoms with Gasteiger partial charge in [0.1, 0.15) is 0 Å². The molecular formula is C22H27N5O2S. The van der Waals surface area contributed by atoms with E-state index < -0.39 is 0 Å². The zero-order chi connectivity index (χ0) is 20.8. The Balaban J connectivity index is 1.32. The number of aromatic nitrogens is 3. The predicted octanol–water partition coefficient (Wildman–Crippen LogP) is 3.56. The smallest absolute Gasteiger partial charge is 0.230 e. The molecule has 0 bridgehead atoms. The average molecular weight is 426 g/mol. The largest absolute Gasteiger partial charge is 0.461 e. The molecule has 0 atom stereocenters. The Morgan fingerprint density at radius 3 is 2.67 bits per heavy atom. The first-order chi connectivity index (χ1) is 14.7. The first-order valence-electron chi connectivity index (χ1n) is 10.4.